The van der Waals surface area contributed by atoms with Crippen molar-refractivity contribution >= 4 is 27.5 Å². The van der Waals surface area contributed by atoms with Crippen LogP contribution in [0.4, 0.5) is 5.69 Å². The van der Waals surface area contributed by atoms with Crippen LogP contribution >= 0.6 is 15.9 Å². The Balaban J connectivity index is 2.46. The summed E-state index contributed by atoms with van der Waals surface area (Å²) in [5.74, 6) is 0.403. The molecule has 1 amide bonds. The van der Waals surface area contributed by atoms with Gasteiger partial charge in [-0.2, -0.15) is 0 Å². The molecule has 1 N–H and O–H groups in total. The van der Waals surface area contributed by atoms with Crippen LogP contribution in [0.1, 0.15) is 66.5 Å². The number of amides is 1. The van der Waals surface area contributed by atoms with Crippen LogP contribution in [0.5, 0.6) is 5.75 Å². The van der Waals surface area contributed by atoms with Crippen molar-refractivity contribution in [3.05, 3.63) is 50.8 Å². The molecular formula is C22H29BrN2O2. The van der Waals surface area contributed by atoms with Crippen molar-refractivity contribution in [1.29, 1.82) is 0 Å². The molecule has 0 saturated carbocycles. The van der Waals surface area contributed by atoms with Crippen LogP contribution in [-0.2, 0) is 12.8 Å². The Bertz CT molecular complexity index is 796. The van der Waals surface area contributed by atoms with E-state index in [9.17, 15) is 4.79 Å². The minimum Gasteiger partial charge on any atom is -0.491 e. The molecule has 0 bridgehead atoms. The van der Waals surface area contributed by atoms with E-state index in [0.29, 0.717) is 23.6 Å². The minimum absolute atomic E-state index is 0.178. The Kier molecular flexibility index (Phi) is 7.84. The lowest BCUT2D eigenvalue weighted by Crippen LogP contribution is -2.19. The molecule has 0 unspecified atom stereocenters. The topological polar surface area (TPSA) is 51.2 Å². The van der Waals surface area contributed by atoms with Crippen LogP contribution in [0.15, 0.2) is 22.7 Å². The number of pyridine rings is 1. The number of nitrogens with zero attached hydrogens (tertiary/aromatic N) is 1. The molecule has 146 valence electrons. The summed E-state index contributed by atoms with van der Waals surface area (Å²) in [5, 5.41) is 3.14. The molecule has 2 aromatic rings. The molecule has 0 radical (unpaired) electrons. The number of aromatic nitrogens is 1. The first-order chi connectivity index (χ1) is 12.9. The van der Waals surface area contributed by atoms with E-state index >= 15 is 0 Å². The maximum absolute atomic E-state index is 13.2. The number of hydrogen-bond donors (Lipinski definition) is 1. The van der Waals surface area contributed by atoms with Crippen LogP contribution in [0.25, 0.3) is 0 Å². The summed E-state index contributed by atoms with van der Waals surface area (Å²) in [5.41, 5.74) is 5.16. The molecule has 1 heterocycles. The van der Waals surface area contributed by atoms with Crippen LogP contribution in [0, 0.1) is 13.8 Å². The van der Waals surface area contributed by atoms with Gasteiger partial charge in [0.05, 0.1) is 22.5 Å². The molecule has 27 heavy (non-hydrogen) atoms. The highest BCUT2D eigenvalue weighted by atomic mass is 79.9. The normalized spacial score (nSPS) is 10.7. The van der Waals surface area contributed by atoms with Gasteiger partial charge in [-0.25, -0.2) is 0 Å². The summed E-state index contributed by atoms with van der Waals surface area (Å²) < 4.78 is 6.74. The third kappa shape index (κ3) is 4.89. The maximum atomic E-state index is 13.2. The molecule has 1 aromatic heterocycles. The third-order valence-corrected chi connectivity index (χ3v) is 5.58. The smallest absolute Gasteiger partial charge is 0.261 e. The van der Waals surface area contributed by atoms with Crippen LogP contribution in [-0.4, -0.2) is 17.5 Å². The molecule has 5 heteroatoms. The zero-order valence-corrected chi connectivity index (χ0v) is 18.5. The van der Waals surface area contributed by atoms with E-state index in [-0.39, 0.29) is 5.91 Å². The van der Waals surface area contributed by atoms with Gasteiger partial charge in [0, 0.05) is 5.69 Å². The number of carbonyl (C=O) groups excluding carboxylic acids is 1. The van der Waals surface area contributed by atoms with Crippen molar-refractivity contribution in [3.8, 4) is 5.75 Å². The van der Waals surface area contributed by atoms with E-state index in [1.807, 2.05) is 19.9 Å². The lowest BCUT2D eigenvalue weighted by Gasteiger charge is -2.19. The second-order valence-electron chi connectivity index (χ2n) is 6.62. The number of ether oxygens (including phenoxy) is 1. The second-order valence-corrected chi connectivity index (χ2v) is 7.41. The summed E-state index contributed by atoms with van der Waals surface area (Å²) in [6, 6.07) is 6.16. The number of unbranched alkanes of at least 4 members (excludes halogenated alkanes) is 1. The second kappa shape index (κ2) is 9.88. The van der Waals surface area contributed by atoms with Crippen LogP contribution in [0.2, 0.25) is 0 Å². The van der Waals surface area contributed by atoms with Crippen molar-refractivity contribution in [1.82, 2.24) is 4.98 Å². The molecule has 2 rings (SSSR count). The molecule has 0 aliphatic carbocycles. The molecular weight excluding hydrogens is 404 g/mol. The summed E-state index contributed by atoms with van der Waals surface area (Å²) in [7, 11) is 0. The van der Waals surface area contributed by atoms with E-state index < -0.39 is 0 Å². The predicted octanol–water partition coefficient (Wildman–Crippen LogP) is 6.02. The standard InChI is InChI=1S/C22H29BrN2O2/c1-6-9-13-27-21-18(14(4)24-15(5)19(21)23)22(26)25-20-16(7-2)11-10-12-17(20)8-3/h10-12H,6-9,13H2,1-5H3,(H,25,26). The summed E-state index contributed by atoms with van der Waals surface area (Å²) in [6.07, 6.45) is 3.69. The number of carbonyl (C=O) groups is 1. The number of hydrogen-bond acceptors (Lipinski definition) is 3. The zero-order chi connectivity index (χ0) is 20.0. The fraction of sp³-hybridized carbons (Fsp3) is 0.455. The Labute approximate surface area is 170 Å². The van der Waals surface area contributed by atoms with Crippen LogP contribution in [0.3, 0.4) is 0 Å². The predicted molar refractivity (Wildman–Crippen MR) is 115 cm³/mol. The zero-order valence-electron chi connectivity index (χ0n) is 16.9. The minimum atomic E-state index is -0.178. The van der Waals surface area contributed by atoms with Gasteiger partial charge in [0.1, 0.15) is 11.3 Å². The number of anilines is 1. The van der Waals surface area contributed by atoms with Gasteiger partial charge >= 0.3 is 0 Å². The lowest BCUT2D eigenvalue weighted by atomic mass is 10.0. The summed E-state index contributed by atoms with van der Waals surface area (Å²) in [6.45, 7) is 10.6. The fourth-order valence-electron chi connectivity index (χ4n) is 3.10. The summed E-state index contributed by atoms with van der Waals surface area (Å²) in [4.78, 5) is 17.8. The maximum Gasteiger partial charge on any atom is 0.261 e. The fourth-order valence-corrected chi connectivity index (χ4v) is 3.50. The SMILES string of the molecule is CCCCOc1c(Br)c(C)nc(C)c1C(=O)Nc1c(CC)cccc1CC. The average molecular weight is 433 g/mol. The van der Waals surface area contributed by atoms with E-state index in [1.54, 1.807) is 0 Å². The summed E-state index contributed by atoms with van der Waals surface area (Å²) >= 11 is 3.56. The van der Waals surface area contributed by atoms with Gasteiger partial charge in [0.15, 0.2) is 0 Å². The van der Waals surface area contributed by atoms with E-state index in [0.717, 1.165) is 52.7 Å². The molecule has 0 aliphatic heterocycles. The number of para-hydroxylation sites is 1. The molecule has 0 aliphatic rings. The molecule has 0 atom stereocenters. The van der Waals surface area contributed by atoms with Crippen molar-refractivity contribution in [2.45, 2.75) is 60.3 Å². The molecule has 0 saturated heterocycles. The first kappa shape index (κ1) is 21.4. The number of nitrogens with one attached hydrogen (secondary N) is 1. The van der Waals surface area contributed by atoms with Gasteiger partial charge in [0.25, 0.3) is 5.91 Å². The van der Waals surface area contributed by atoms with E-state index in [4.69, 9.17) is 4.74 Å². The Hall–Kier alpha value is -1.88. The van der Waals surface area contributed by atoms with Crippen molar-refractivity contribution in [3.63, 3.8) is 0 Å². The molecule has 1 aromatic carbocycles. The van der Waals surface area contributed by atoms with E-state index in [1.165, 1.54) is 0 Å². The highest BCUT2D eigenvalue weighted by Crippen LogP contribution is 2.34. The number of aryl methyl sites for hydroxylation is 4. The van der Waals surface area contributed by atoms with Gasteiger partial charge in [-0.1, -0.05) is 45.4 Å². The lowest BCUT2D eigenvalue weighted by molar-refractivity contribution is 0.102. The highest BCUT2D eigenvalue weighted by Gasteiger charge is 2.23. The van der Waals surface area contributed by atoms with Crippen molar-refractivity contribution < 1.29 is 9.53 Å². The van der Waals surface area contributed by atoms with Crippen molar-refractivity contribution in [2.75, 3.05) is 11.9 Å². The van der Waals surface area contributed by atoms with E-state index in [2.05, 4.69) is 59.1 Å². The first-order valence-electron chi connectivity index (χ1n) is 9.66. The quantitative estimate of drug-likeness (QED) is 0.518. The molecule has 0 fully saturated rings. The Morgan fingerprint density at radius 2 is 1.74 bits per heavy atom. The number of rotatable bonds is 8. The largest absolute Gasteiger partial charge is 0.491 e. The molecule has 4 nitrogen and oxygen atoms in total. The highest BCUT2D eigenvalue weighted by molar-refractivity contribution is 9.10. The first-order valence-corrected chi connectivity index (χ1v) is 10.4. The Morgan fingerprint density at radius 3 is 2.30 bits per heavy atom. The average Bonchev–Trinajstić information content (AvgIpc) is 2.65. The Morgan fingerprint density at radius 1 is 1.11 bits per heavy atom. The van der Waals surface area contributed by atoms with Gasteiger partial charge in [-0.05, 0) is 60.2 Å². The number of benzene rings is 1. The van der Waals surface area contributed by atoms with Gasteiger partial charge in [-0.3, -0.25) is 9.78 Å². The monoisotopic (exact) mass is 432 g/mol. The van der Waals surface area contributed by atoms with Crippen LogP contribution < -0.4 is 10.1 Å². The third-order valence-electron chi connectivity index (χ3n) is 4.65. The van der Waals surface area contributed by atoms with Gasteiger partial charge < -0.3 is 10.1 Å². The van der Waals surface area contributed by atoms with Gasteiger partial charge in [0.2, 0.25) is 0 Å². The molecule has 0 spiro atoms. The van der Waals surface area contributed by atoms with Crippen molar-refractivity contribution in [2.24, 2.45) is 0 Å². The number of halogens is 1. The van der Waals surface area contributed by atoms with Gasteiger partial charge in [-0.15, -0.1) is 0 Å².